The Morgan fingerprint density at radius 3 is 2.21 bits per heavy atom. The van der Waals surface area contributed by atoms with E-state index in [1.165, 1.54) is 19.2 Å². The number of nitrogens with zero attached hydrogens (tertiary/aromatic N) is 3. The van der Waals surface area contributed by atoms with Crippen LogP contribution in [0.5, 0.6) is 11.5 Å². The minimum atomic E-state index is -0.560. The van der Waals surface area contributed by atoms with Crippen molar-refractivity contribution in [1.29, 1.82) is 0 Å². The molecule has 1 amide bonds. The number of para-hydroxylation sites is 1. The molecule has 39 heavy (non-hydrogen) atoms. The third-order valence-corrected chi connectivity index (χ3v) is 8.31. The summed E-state index contributed by atoms with van der Waals surface area (Å²) in [4.78, 5) is 31.0. The number of methoxy groups -OCH3 is 1. The smallest absolute Gasteiger partial charge is 0.323 e. The number of nitro benzene ring substituents is 1. The lowest BCUT2D eigenvalue weighted by molar-refractivity contribution is -0.386. The molecule has 208 valence electrons. The van der Waals surface area contributed by atoms with Crippen molar-refractivity contribution >= 4 is 22.9 Å². The van der Waals surface area contributed by atoms with Crippen molar-refractivity contribution in [3.05, 3.63) is 67.5 Å². The molecule has 0 atom stereocenters. The molecule has 3 aromatic rings. The van der Waals surface area contributed by atoms with Gasteiger partial charge in [0.15, 0.2) is 5.75 Å². The van der Waals surface area contributed by atoms with Gasteiger partial charge in [0.1, 0.15) is 11.3 Å². The molecular formula is C30H37N3O5S. The monoisotopic (exact) mass is 551 g/mol. The number of ether oxygens (including phenoxy) is 1. The fourth-order valence-electron chi connectivity index (χ4n) is 5.08. The highest BCUT2D eigenvalue weighted by Crippen LogP contribution is 2.43. The average Bonchev–Trinajstić information content (AvgIpc) is 3.37. The van der Waals surface area contributed by atoms with Gasteiger partial charge < -0.3 is 14.7 Å². The van der Waals surface area contributed by atoms with Crippen LogP contribution >= 0.6 is 11.3 Å². The van der Waals surface area contributed by atoms with Crippen molar-refractivity contribution in [2.24, 2.45) is 0 Å². The molecule has 8 nitrogen and oxygen atoms in total. The lowest BCUT2D eigenvalue weighted by Crippen LogP contribution is -2.38. The van der Waals surface area contributed by atoms with Crippen LogP contribution in [-0.2, 0) is 10.8 Å². The molecule has 1 fully saturated rings. The number of hydrogen-bond acceptors (Lipinski definition) is 7. The summed E-state index contributed by atoms with van der Waals surface area (Å²) >= 11 is 1.62. The minimum absolute atomic E-state index is 0.0472. The third-order valence-electron chi connectivity index (χ3n) is 7.31. The van der Waals surface area contributed by atoms with Gasteiger partial charge in [0.05, 0.1) is 22.7 Å². The fourth-order valence-corrected chi connectivity index (χ4v) is 6.08. The second kappa shape index (κ2) is 10.6. The topological polar surface area (TPSA) is 106 Å². The number of piperidine rings is 1. The van der Waals surface area contributed by atoms with Crippen LogP contribution in [0.1, 0.15) is 86.8 Å². The Labute approximate surface area is 233 Å². The van der Waals surface area contributed by atoms with Crippen molar-refractivity contribution in [3.8, 4) is 22.8 Å². The minimum Gasteiger partial charge on any atom is -0.507 e. The molecule has 1 aliphatic rings. The molecule has 4 rings (SSSR count). The molecule has 0 aliphatic carbocycles. The first-order valence-corrected chi connectivity index (χ1v) is 14.0. The summed E-state index contributed by atoms with van der Waals surface area (Å²) in [6.07, 6.45) is 1.46. The van der Waals surface area contributed by atoms with Crippen LogP contribution in [0.25, 0.3) is 11.3 Å². The average molecular weight is 552 g/mol. The van der Waals surface area contributed by atoms with Crippen LogP contribution in [0.3, 0.4) is 0 Å². The van der Waals surface area contributed by atoms with E-state index in [0.717, 1.165) is 40.2 Å². The van der Waals surface area contributed by atoms with E-state index in [4.69, 9.17) is 9.72 Å². The fraction of sp³-hybridized carbons (Fsp3) is 0.467. The maximum Gasteiger partial charge on any atom is 0.323 e. The first-order valence-electron chi connectivity index (χ1n) is 13.2. The van der Waals surface area contributed by atoms with Gasteiger partial charge in [-0.1, -0.05) is 47.6 Å². The number of nitro groups is 1. The van der Waals surface area contributed by atoms with Gasteiger partial charge in [-0.3, -0.25) is 14.9 Å². The lowest BCUT2D eigenvalue weighted by Gasteiger charge is -2.31. The Morgan fingerprint density at radius 2 is 1.69 bits per heavy atom. The Hall–Kier alpha value is -3.46. The number of aromatic hydroxyl groups is 1. The summed E-state index contributed by atoms with van der Waals surface area (Å²) in [5.74, 6) is 0.277. The molecule has 1 aliphatic heterocycles. The van der Waals surface area contributed by atoms with Crippen molar-refractivity contribution in [1.82, 2.24) is 9.88 Å². The van der Waals surface area contributed by atoms with Crippen molar-refractivity contribution < 1.29 is 19.6 Å². The van der Waals surface area contributed by atoms with E-state index in [2.05, 4.69) is 46.9 Å². The standard InChI is InChI=1S/C30H37N3O5S/c1-29(2,3)21-15-19(16-22(26(21)34)30(4,5)6)23-17-39-27(31-23)18-11-13-32(14-12-18)28(35)20-9-8-10-24(38-7)25(20)33(36)37/h8-10,15-18,34H,11-14H2,1-7H3. The lowest BCUT2D eigenvalue weighted by atomic mass is 9.78. The molecule has 0 saturated carbocycles. The predicted molar refractivity (Wildman–Crippen MR) is 154 cm³/mol. The number of likely N-dealkylation sites (tertiary alicyclic amines) is 1. The first-order chi connectivity index (χ1) is 18.2. The van der Waals surface area contributed by atoms with Gasteiger partial charge in [-0.25, -0.2) is 4.98 Å². The van der Waals surface area contributed by atoms with Crippen molar-refractivity contribution in [2.75, 3.05) is 20.2 Å². The number of aromatic nitrogens is 1. The molecule has 1 N–H and O–H groups in total. The van der Waals surface area contributed by atoms with E-state index in [9.17, 15) is 20.0 Å². The maximum atomic E-state index is 13.2. The van der Waals surface area contributed by atoms with Gasteiger partial charge in [0.2, 0.25) is 0 Å². The molecule has 0 bridgehead atoms. The highest BCUT2D eigenvalue weighted by molar-refractivity contribution is 7.10. The molecule has 0 unspecified atom stereocenters. The SMILES string of the molecule is COc1cccc(C(=O)N2CCC(c3nc(-c4cc(C(C)(C)C)c(O)c(C(C)(C)C)c4)cs3)CC2)c1[N+](=O)[O-]. The van der Waals surface area contributed by atoms with Crippen molar-refractivity contribution in [3.63, 3.8) is 0 Å². The van der Waals surface area contributed by atoms with E-state index in [1.54, 1.807) is 22.3 Å². The quantitative estimate of drug-likeness (QED) is 0.269. The highest BCUT2D eigenvalue weighted by atomic mass is 32.1. The van der Waals surface area contributed by atoms with E-state index in [-0.39, 0.29) is 39.7 Å². The van der Waals surface area contributed by atoms with Crippen LogP contribution in [0, 0.1) is 10.1 Å². The Bertz CT molecular complexity index is 1360. The van der Waals surface area contributed by atoms with Crippen LogP contribution in [0.4, 0.5) is 5.69 Å². The van der Waals surface area contributed by atoms with Crippen LogP contribution in [0.15, 0.2) is 35.7 Å². The third kappa shape index (κ3) is 5.78. The summed E-state index contributed by atoms with van der Waals surface area (Å²) in [6, 6.07) is 8.67. The van der Waals surface area contributed by atoms with E-state index >= 15 is 0 Å². The Kier molecular flexibility index (Phi) is 7.76. The molecule has 1 aromatic heterocycles. The predicted octanol–water partition coefficient (Wildman–Crippen LogP) is 7.05. The largest absolute Gasteiger partial charge is 0.507 e. The number of phenolic OH excluding ortho intramolecular Hbond substituents is 1. The zero-order chi connectivity index (χ0) is 28.7. The highest BCUT2D eigenvalue weighted by Gasteiger charge is 2.32. The van der Waals surface area contributed by atoms with Crippen LogP contribution < -0.4 is 4.74 Å². The number of carbonyl (C=O) groups is 1. The van der Waals surface area contributed by atoms with E-state index in [1.807, 2.05) is 12.1 Å². The first kappa shape index (κ1) is 28.5. The number of hydrogen-bond donors (Lipinski definition) is 1. The summed E-state index contributed by atoms with van der Waals surface area (Å²) in [5, 5.41) is 25.8. The number of phenols is 1. The zero-order valence-electron chi connectivity index (χ0n) is 23.7. The summed E-state index contributed by atoms with van der Waals surface area (Å²) < 4.78 is 5.12. The number of amides is 1. The van der Waals surface area contributed by atoms with E-state index < -0.39 is 4.92 Å². The van der Waals surface area contributed by atoms with Crippen LogP contribution in [-0.4, -0.2) is 46.0 Å². The number of benzene rings is 2. The second-order valence-corrected chi connectivity index (χ2v) is 13.1. The second-order valence-electron chi connectivity index (χ2n) is 12.2. The molecule has 0 spiro atoms. The number of thiazole rings is 1. The van der Waals surface area contributed by atoms with Crippen LogP contribution in [0.2, 0.25) is 0 Å². The van der Waals surface area contributed by atoms with Gasteiger partial charge in [0.25, 0.3) is 5.91 Å². The Balaban J connectivity index is 1.55. The number of rotatable bonds is 5. The maximum absolute atomic E-state index is 13.2. The normalized spacial score (nSPS) is 14.9. The molecular weight excluding hydrogens is 514 g/mol. The molecule has 0 radical (unpaired) electrons. The zero-order valence-corrected chi connectivity index (χ0v) is 24.5. The van der Waals surface area contributed by atoms with E-state index in [0.29, 0.717) is 18.8 Å². The van der Waals surface area contributed by atoms with Gasteiger partial charge in [-0.2, -0.15) is 0 Å². The summed E-state index contributed by atoms with van der Waals surface area (Å²) in [5.41, 5.74) is 2.98. The van der Waals surface area contributed by atoms with Gasteiger partial charge in [-0.05, 0) is 47.9 Å². The molecule has 9 heteroatoms. The van der Waals surface area contributed by atoms with Crippen molar-refractivity contribution in [2.45, 2.75) is 71.1 Å². The molecule has 1 saturated heterocycles. The summed E-state index contributed by atoms with van der Waals surface area (Å²) in [7, 11) is 1.36. The number of carbonyl (C=O) groups excluding carboxylic acids is 1. The molecule has 2 heterocycles. The van der Waals surface area contributed by atoms with Gasteiger partial charge in [0, 0.05) is 41.1 Å². The Morgan fingerprint density at radius 1 is 1.10 bits per heavy atom. The van der Waals surface area contributed by atoms with Gasteiger partial charge >= 0.3 is 5.69 Å². The molecule has 2 aromatic carbocycles. The summed E-state index contributed by atoms with van der Waals surface area (Å²) in [6.45, 7) is 13.6. The van der Waals surface area contributed by atoms with Gasteiger partial charge in [-0.15, -0.1) is 11.3 Å².